The Bertz CT molecular complexity index is 1210. The molecule has 2 aromatic rings. The van der Waals surface area contributed by atoms with Crippen molar-refractivity contribution in [3.8, 4) is 6.07 Å². The van der Waals surface area contributed by atoms with Crippen LogP contribution in [0.15, 0.2) is 35.4 Å². The highest BCUT2D eigenvalue weighted by molar-refractivity contribution is 6.26. The highest BCUT2D eigenvalue weighted by Gasteiger charge is 2.36. The summed E-state index contributed by atoms with van der Waals surface area (Å²) in [5.74, 6) is -5.16. The van der Waals surface area contributed by atoms with E-state index in [0.717, 1.165) is 6.07 Å². The van der Waals surface area contributed by atoms with Gasteiger partial charge in [-0.15, -0.1) is 0 Å². The maximum atomic E-state index is 14.2. The summed E-state index contributed by atoms with van der Waals surface area (Å²) in [6, 6.07) is 3.49. The van der Waals surface area contributed by atoms with E-state index >= 15 is 0 Å². The lowest BCUT2D eigenvalue weighted by atomic mass is 9.82. The first-order chi connectivity index (χ1) is 14.3. The molecule has 0 spiro atoms. The Morgan fingerprint density at radius 1 is 1.18 bits per heavy atom. The van der Waals surface area contributed by atoms with Crippen molar-refractivity contribution >= 4 is 11.6 Å². The summed E-state index contributed by atoms with van der Waals surface area (Å²) < 4.78 is 89.4. The Morgan fingerprint density at radius 3 is 2.50 bits per heavy atom. The van der Waals surface area contributed by atoms with Crippen LogP contribution in [0.3, 0.4) is 0 Å². The highest BCUT2D eigenvalue weighted by Crippen LogP contribution is 2.33. The molecule has 1 aromatic heterocycles. The molecule has 0 saturated carbocycles. The van der Waals surface area contributed by atoms with E-state index in [1.807, 2.05) is 0 Å². The van der Waals surface area contributed by atoms with Gasteiger partial charge < -0.3 is 0 Å². The standard InChI is InChI=1S/C19H9F5N2O2/c1-8-11(6-10-2-3-13(19(22,23)24)15(7-25)26-10)18(28)12-4-9(20)5-14(21)16(12)17(8)27/h2-5H,6H2,1H3/i1D3. The molecule has 0 aliphatic heterocycles. The van der Waals surface area contributed by atoms with E-state index in [1.54, 1.807) is 0 Å². The van der Waals surface area contributed by atoms with Crippen LogP contribution in [-0.2, 0) is 12.6 Å². The highest BCUT2D eigenvalue weighted by atomic mass is 19.4. The van der Waals surface area contributed by atoms with Gasteiger partial charge in [-0.1, -0.05) is 0 Å². The lowest BCUT2D eigenvalue weighted by molar-refractivity contribution is -0.138. The van der Waals surface area contributed by atoms with Gasteiger partial charge in [0.15, 0.2) is 17.3 Å². The molecule has 1 aromatic carbocycles. The van der Waals surface area contributed by atoms with Crippen molar-refractivity contribution in [2.24, 2.45) is 0 Å². The average molecular weight is 395 g/mol. The van der Waals surface area contributed by atoms with Crippen LogP contribution in [0.2, 0.25) is 0 Å². The van der Waals surface area contributed by atoms with Crippen LogP contribution in [0.5, 0.6) is 0 Å². The molecule has 3 rings (SSSR count). The number of rotatable bonds is 2. The molecule has 28 heavy (non-hydrogen) atoms. The van der Waals surface area contributed by atoms with Crippen molar-refractivity contribution in [3.05, 3.63) is 75.1 Å². The molecule has 0 amide bonds. The predicted molar refractivity (Wildman–Crippen MR) is 85.4 cm³/mol. The van der Waals surface area contributed by atoms with Crippen LogP contribution >= 0.6 is 0 Å². The smallest absolute Gasteiger partial charge is 0.289 e. The van der Waals surface area contributed by atoms with Crippen molar-refractivity contribution in [1.82, 2.24) is 4.98 Å². The quantitative estimate of drug-likeness (QED) is 0.715. The molecule has 1 aliphatic carbocycles. The average Bonchev–Trinajstić information content (AvgIpc) is 2.63. The topological polar surface area (TPSA) is 70.8 Å². The van der Waals surface area contributed by atoms with E-state index in [0.29, 0.717) is 18.2 Å². The van der Waals surface area contributed by atoms with Crippen LogP contribution < -0.4 is 0 Å². The minimum Gasteiger partial charge on any atom is -0.289 e. The number of pyridine rings is 1. The van der Waals surface area contributed by atoms with Crippen LogP contribution in [-0.4, -0.2) is 16.6 Å². The Labute approximate surface area is 159 Å². The molecule has 0 fully saturated rings. The number of aromatic nitrogens is 1. The zero-order valence-corrected chi connectivity index (χ0v) is 13.6. The molecule has 142 valence electrons. The molecule has 1 aliphatic rings. The van der Waals surface area contributed by atoms with Crippen molar-refractivity contribution in [2.45, 2.75) is 19.4 Å². The van der Waals surface area contributed by atoms with Gasteiger partial charge in [0, 0.05) is 39.0 Å². The number of carbonyl (C=O) groups excluding carboxylic acids is 2. The summed E-state index contributed by atoms with van der Waals surface area (Å²) >= 11 is 0. The summed E-state index contributed by atoms with van der Waals surface area (Å²) in [6.45, 7) is -3.19. The number of fused-ring (bicyclic) bond motifs is 1. The number of benzene rings is 1. The van der Waals surface area contributed by atoms with Gasteiger partial charge in [-0.3, -0.25) is 9.59 Å². The zero-order valence-electron chi connectivity index (χ0n) is 16.6. The Balaban J connectivity index is 2.20. The first-order valence-electron chi connectivity index (χ1n) is 9.05. The number of hydrogen-bond acceptors (Lipinski definition) is 4. The van der Waals surface area contributed by atoms with Crippen molar-refractivity contribution in [2.75, 3.05) is 0 Å². The molecule has 0 unspecified atom stereocenters. The molecule has 0 atom stereocenters. The SMILES string of the molecule is [2H]C([2H])([2H])C1=C(Cc2ccc(C(F)(F)F)c(C#N)n2)C(=O)c2cc(F)cc(F)c2C1=O. The molecule has 0 bridgehead atoms. The molecular weight excluding hydrogens is 383 g/mol. The maximum absolute atomic E-state index is 14.2. The zero-order chi connectivity index (χ0) is 23.3. The molecule has 0 radical (unpaired) electrons. The second-order valence-corrected chi connectivity index (χ2v) is 5.81. The van der Waals surface area contributed by atoms with Gasteiger partial charge >= 0.3 is 6.18 Å². The Morgan fingerprint density at radius 2 is 1.89 bits per heavy atom. The molecule has 0 N–H and O–H groups in total. The number of ketones is 2. The number of alkyl halides is 3. The lowest BCUT2D eigenvalue weighted by Crippen LogP contribution is -2.24. The second kappa shape index (κ2) is 6.64. The van der Waals surface area contributed by atoms with Crippen molar-refractivity contribution in [1.29, 1.82) is 5.26 Å². The molecule has 1 heterocycles. The second-order valence-electron chi connectivity index (χ2n) is 5.81. The predicted octanol–water partition coefficient (Wildman–Crippen LogP) is 4.19. The number of nitrogens with zero attached hydrogens (tertiary/aromatic N) is 2. The van der Waals surface area contributed by atoms with Gasteiger partial charge in [0.1, 0.15) is 17.7 Å². The fourth-order valence-electron chi connectivity index (χ4n) is 2.78. The summed E-state index contributed by atoms with van der Waals surface area (Å²) in [5.41, 5.74) is -6.04. The first kappa shape index (κ1) is 15.6. The Hall–Kier alpha value is -3.41. The molecular formula is C19H9F5N2O2. The fourth-order valence-corrected chi connectivity index (χ4v) is 2.78. The number of halogens is 5. The maximum Gasteiger partial charge on any atom is 0.419 e. The number of allylic oxidation sites excluding steroid dienone is 2. The largest absolute Gasteiger partial charge is 0.419 e. The summed E-state index contributed by atoms with van der Waals surface area (Å²) in [7, 11) is 0. The number of Topliss-reactive ketones (excluding diaryl/α,β-unsaturated/α-hetero) is 2. The monoisotopic (exact) mass is 395 g/mol. The van der Waals surface area contributed by atoms with Gasteiger partial charge in [0.25, 0.3) is 0 Å². The van der Waals surface area contributed by atoms with E-state index < -0.39 is 76.2 Å². The van der Waals surface area contributed by atoms with E-state index in [4.69, 9.17) is 9.37 Å². The third-order valence-electron chi connectivity index (χ3n) is 4.05. The van der Waals surface area contributed by atoms with E-state index in [-0.39, 0.29) is 5.69 Å². The third-order valence-corrected chi connectivity index (χ3v) is 4.05. The minimum atomic E-state index is -4.88. The van der Waals surface area contributed by atoms with Gasteiger partial charge in [0.2, 0.25) is 0 Å². The van der Waals surface area contributed by atoms with E-state index in [9.17, 15) is 31.5 Å². The fraction of sp³-hybridized carbons (Fsp3) is 0.158. The van der Waals surface area contributed by atoms with Gasteiger partial charge in [-0.25, -0.2) is 13.8 Å². The van der Waals surface area contributed by atoms with Crippen molar-refractivity contribution in [3.63, 3.8) is 0 Å². The number of hydrogen-bond donors (Lipinski definition) is 0. The lowest BCUT2D eigenvalue weighted by Gasteiger charge is -2.19. The summed E-state index contributed by atoms with van der Waals surface area (Å²) in [5, 5.41) is 8.96. The van der Waals surface area contributed by atoms with Crippen molar-refractivity contribution < 1.29 is 35.7 Å². The van der Waals surface area contributed by atoms with Crippen LogP contribution in [0.4, 0.5) is 22.0 Å². The minimum absolute atomic E-state index is 0.317. The normalized spacial score (nSPS) is 16.2. The van der Waals surface area contributed by atoms with E-state index in [1.165, 1.54) is 6.07 Å². The molecule has 0 saturated heterocycles. The molecule has 9 heteroatoms. The molecule has 4 nitrogen and oxygen atoms in total. The van der Waals surface area contributed by atoms with Crippen LogP contribution in [0, 0.1) is 23.0 Å². The number of nitriles is 1. The third kappa shape index (κ3) is 3.17. The summed E-state index contributed by atoms with van der Waals surface area (Å²) in [4.78, 5) is 29.0. The Kier molecular flexibility index (Phi) is 3.70. The van der Waals surface area contributed by atoms with Crippen LogP contribution in [0.1, 0.15) is 48.6 Å². The van der Waals surface area contributed by atoms with Gasteiger partial charge in [0.05, 0.1) is 11.1 Å². The number of carbonyl (C=O) groups is 2. The van der Waals surface area contributed by atoms with Crippen LogP contribution in [0.25, 0.3) is 0 Å². The first-order valence-corrected chi connectivity index (χ1v) is 7.55. The summed E-state index contributed by atoms with van der Waals surface area (Å²) in [6.07, 6.45) is -5.63. The van der Waals surface area contributed by atoms with Gasteiger partial charge in [-0.2, -0.15) is 18.4 Å². The van der Waals surface area contributed by atoms with E-state index in [2.05, 4.69) is 4.98 Å². The van der Waals surface area contributed by atoms with Gasteiger partial charge in [-0.05, 0) is 25.1 Å².